The van der Waals surface area contributed by atoms with Crippen molar-refractivity contribution in [3.8, 4) is 0 Å². The Balaban J connectivity index is 2.43. The van der Waals surface area contributed by atoms with E-state index in [9.17, 15) is 9.59 Å². The van der Waals surface area contributed by atoms with Crippen LogP contribution < -0.4 is 0 Å². The van der Waals surface area contributed by atoms with Gasteiger partial charge in [-0.1, -0.05) is 12.2 Å². The van der Waals surface area contributed by atoms with Crippen molar-refractivity contribution < 1.29 is 9.59 Å². The zero-order chi connectivity index (χ0) is 16.0. The number of carbonyl (C=O) groups excluding carboxylic acids is 2. The van der Waals surface area contributed by atoms with Crippen molar-refractivity contribution in [3.63, 3.8) is 0 Å². The molecule has 0 saturated carbocycles. The van der Waals surface area contributed by atoms with Gasteiger partial charge >= 0.3 is 0 Å². The third-order valence-electron chi connectivity index (χ3n) is 3.93. The Morgan fingerprint density at radius 3 is 2.24 bits per heavy atom. The van der Waals surface area contributed by atoms with Crippen LogP contribution in [0.2, 0.25) is 0 Å². The van der Waals surface area contributed by atoms with Crippen LogP contribution in [0.15, 0.2) is 12.2 Å². The minimum Gasteiger partial charge on any atom is -0.349 e. The molecule has 0 unspecified atom stereocenters. The number of carbonyl (C=O) groups is 2. The lowest BCUT2D eigenvalue weighted by atomic mass is 9.95. The van der Waals surface area contributed by atoms with E-state index in [0.717, 1.165) is 31.5 Å². The van der Waals surface area contributed by atoms with Gasteiger partial charge < -0.3 is 9.80 Å². The van der Waals surface area contributed by atoms with Crippen molar-refractivity contribution >= 4 is 11.8 Å². The summed E-state index contributed by atoms with van der Waals surface area (Å²) in [5.74, 6) is 0.473. The number of likely N-dealkylation sites (N-methyl/N-ethyl adjacent to an activating group) is 1. The molecule has 1 rings (SSSR count). The van der Waals surface area contributed by atoms with Crippen molar-refractivity contribution in [3.05, 3.63) is 12.2 Å². The Morgan fingerprint density at radius 2 is 1.81 bits per heavy atom. The van der Waals surface area contributed by atoms with Gasteiger partial charge in [-0.2, -0.15) is 0 Å². The average molecular weight is 295 g/mol. The predicted octanol–water partition coefficient (Wildman–Crippen LogP) is 1.21. The van der Waals surface area contributed by atoms with Crippen molar-refractivity contribution in [2.75, 3.05) is 46.8 Å². The molecular formula is C16H29N3O2. The molecule has 1 aliphatic rings. The molecule has 1 heterocycles. The van der Waals surface area contributed by atoms with Gasteiger partial charge in [0.2, 0.25) is 11.8 Å². The maximum Gasteiger partial charge on any atom is 0.237 e. The minimum absolute atomic E-state index is 0.115. The van der Waals surface area contributed by atoms with Gasteiger partial charge in [-0.15, -0.1) is 0 Å². The fourth-order valence-corrected chi connectivity index (χ4v) is 2.70. The molecule has 0 atom stereocenters. The van der Waals surface area contributed by atoms with E-state index in [1.54, 1.807) is 19.0 Å². The molecule has 0 radical (unpaired) electrons. The number of piperidine rings is 1. The maximum absolute atomic E-state index is 12.3. The third kappa shape index (κ3) is 5.50. The Kier molecular flexibility index (Phi) is 6.89. The normalized spacial score (nSPS) is 16.6. The lowest BCUT2D eigenvalue weighted by Crippen LogP contribution is -2.45. The smallest absolute Gasteiger partial charge is 0.237 e. The largest absolute Gasteiger partial charge is 0.349 e. The molecule has 21 heavy (non-hydrogen) atoms. The summed E-state index contributed by atoms with van der Waals surface area (Å²) in [6.07, 6.45) is 1.69. The van der Waals surface area contributed by atoms with Crippen molar-refractivity contribution in [2.45, 2.75) is 26.7 Å². The number of rotatable bonds is 6. The van der Waals surface area contributed by atoms with Gasteiger partial charge in [0, 0.05) is 33.1 Å². The van der Waals surface area contributed by atoms with Crippen molar-refractivity contribution in [1.82, 2.24) is 14.7 Å². The summed E-state index contributed by atoms with van der Waals surface area (Å²) in [6, 6.07) is 0. The Hall–Kier alpha value is -1.36. The van der Waals surface area contributed by atoms with Crippen LogP contribution in [0.3, 0.4) is 0 Å². The van der Waals surface area contributed by atoms with E-state index < -0.39 is 0 Å². The summed E-state index contributed by atoms with van der Waals surface area (Å²) in [4.78, 5) is 29.8. The van der Waals surface area contributed by atoms with Crippen molar-refractivity contribution in [1.29, 1.82) is 0 Å². The van der Waals surface area contributed by atoms with E-state index in [-0.39, 0.29) is 17.7 Å². The van der Waals surface area contributed by atoms with E-state index >= 15 is 0 Å². The zero-order valence-corrected chi connectivity index (χ0v) is 13.9. The minimum atomic E-state index is 0.115. The molecule has 120 valence electrons. The summed E-state index contributed by atoms with van der Waals surface area (Å²) < 4.78 is 0. The number of hydrogen-bond donors (Lipinski definition) is 0. The molecule has 0 aliphatic carbocycles. The Bertz CT molecular complexity index is 385. The highest BCUT2D eigenvalue weighted by Crippen LogP contribution is 2.18. The van der Waals surface area contributed by atoms with Gasteiger partial charge in [0.1, 0.15) is 0 Å². The van der Waals surface area contributed by atoms with Crippen molar-refractivity contribution in [2.24, 2.45) is 5.92 Å². The molecule has 1 aliphatic heterocycles. The van der Waals surface area contributed by atoms with Gasteiger partial charge in [-0.25, -0.2) is 0 Å². The number of hydrogen-bond acceptors (Lipinski definition) is 3. The monoisotopic (exact) mass is 295 g/mol. The first-order valence-corrected chi connectivity index (χ1v) is 7.70. The molecule has 0 spiro atoms. The highest BCUT2D eigenvalue weighted by Gasteiger charge is 2.27. The molecule has 0 bridgehead atoms. The van der Waals surface area contributed by atoms with Gasteiger partial charge in [0.05, 0.1) is 6.54 Å². The quantitative estimate of drug-likeness (QED) is 0.692. The lowest BCUT2D eigenvalue weighted by molar-refractivity contribution is -0.135. The molecule has 0 aromatic carbocycles. The second-order valence-corrected chi connectivity index (χ2v) is 6.15. The molecule has 0 N–H and O–H groups in total. The summed E-state index contributed by atoms with van der Waals surface area (Å²) in [6.45, 7) is 11.2. The van der Waals surface area contributed by atoms with E-state index in [2.05, 4.69) is 11.5 Å². The molecular weight excluding hydrogens is 266 g/mol. The molecule has 5 nitrogen and oxygen atoms in total. The van der Waals surface area contributed by atoms with E-state index in [4.69, 9.17) is 0 Å². The van der Waals surface area contributed by atoms with Crippen LogP contribution in [0.5, 0.6) is 0 Å². The molecule has 1 fully saturated rings. The summed E-state index contributed by atoms with van der Waals surface area (Å²) in [5.41, 5.74) is 1.00. The fraction of sp³-hybridized carbons (Fsp3) is 0.750. The van der Waals surface area contributed by atoms with Gasteiger partial charge in [0.25, 0.3) is 0 Å². The fourth-order valence-electron chi connectivity index (χ4n) is 2.70. The second kappa shape index (κ2) is 8.17. The highest BCUT2D eigenvalue weighted by molar-refractivity contribution is 5.79. The SMILES string of the molecule is C=C(C)CN(CC)C(=O)CN1CCC(C(=O)N(C)C)CC1. The van der Waals surface area contributed by atoms with Crippen LogP contribution in [0.1, 0.15) is 26.7 Å². The van der Waals surface area contributed by atoms with E-state index in [1.165, 1.54) is 0 Å². The Labute approximate surface area is 128 Å². The molecule has 0 aromatic heterocycles. The summed E-state index contributed by atoms with van der Waals surface area (Å²) in [5, 5.41) is 0. The van der Waals surface area contributed by atoms with Crippen LogP contribution in [0.4, 0.5) is 0 Å². The van der Waals surface area contributed by atoms with Crippen LogP contribution in [-0.4, -0.2) is 73.3 Å². The number of nitrogens with zero attached hydrogens (tertiary/aromatic N) is 3. The first kappa shape index (κ1) is 17.7. The second-order valence-electron chi connectivity index (χ2n) is 6.15. The van der Waals surface area contributed by atoms with Crippen LogP contribution in [0.25, 0.3) is 0 Å². The predicted molar refractivity (Wildman–Crippen MR) is 84.9 cm³/mol. The van der Waals surface area contributed by atoms with E-state index in [1.807, 2.05) is 18.7 Å². The average Bonchev–Trinajstić information content (AvgIpc) is 2.44. The standard InChI is InChI=1S/C16H29N3O2/c1-6-19(11-13(2)3)15(20)12-18-9-7-14(8-10-18)16(21)17(4)5/h14H,2,6-12H2,1,3-5H3. The zero-order valence-electron chi connectivity index (χ0n) is 13.9. The topological polar surface area (TPSA) is 43.9 Å². The molecule has 5 heteroatoms. The van der Waals surface area contributed by atoms with Gasteiger partial charge in [0.15, 0.2) is 0 Å². The molecule has 0 aromatic rings. The molecule has 1 saturated heterocycles. The third-order valence-corrected chi connectivity index (χ3v) is 3.93. The van der Waals surface area contributed by atoms with Crippen LogP contribution in [0, 0.1) is 5.92 Å². The van der Waals surface area contributed by atoms with Crippen LogP contribution in [-0.2, 0) is 9.59 Å². The summed E-state index contributed by atoms with van der Waals surface area (Å²) in [7, 11) is 3.60. The lowest BCUT2D eigenvalue weighted by Gasteiger charge is -2.33. The van der Waals surface area contributed by atoms with Gasteiger partial charge in [-0.05, 0) is 39.8 Å². The first-order chi connectivity index (χ1) is 9.85. The highest BCUT2D eigenvalue weighted by atomic mass is 16.2. The molecule has 2 amide bonds. The first-order valence-electron chi connectivity index (χ1n) is 7.70. The van der Waals surface area contributed by atoms with E-state index in [0.29, 0.717) is 19.6 Å². The van der Waals surface area contributed by atoms with Gasteiger partial charge in [-0.3, -0.25) is 14.5 Å². The number of amides is 2. The maximum atomic E-state index is 12.3. The Morgan fingerprint density at radius 1 is 1.24 bits per heavy atom. The number of likely N-dealkylation sites (tertiary alicyclic amines) is 1. The van der Waals surface area contributed by atoms with Crippen LogP contribution >= 0.6 is 0 Å². The summed E-state index contributed by atoms with van der Waals surface area (Å²) >= 11 is 0.